The summed E-state index contributed by atoms with van der Waals surface area (Å²) < 4.78 is 42.4. The monoisotopic (exact) mass is 324 g/mol. The number of nitrogens with one attached hydrogen (secondary N) is 1. The summed E-state index contributed by atoms with van der Waals surface area (Å²) in [5.74, 6) is -0.0449. The first-order valence-electron chi connectivity index (χ1n) is 8.12. The second kappa shape index (κ2) is 5.16. The molecular formula is C17H19F3N2O. The normalized spacial score (nSPS) is 19.4. The van der Waals surface area contributed by atoms with Crippen molar-refractivity contribution in [1.82, 2.24) is 9.88 Å². The zero-order chi connectivity index (χ0) is 16.2. The molecule has 0 atom stereocenters. The molecule has 1 fully saturated rings. The van der Waals surface area contributed by atoms with E-state index in [1.807, 2.05) is 6.07 Å². The van der Waals surface area contributed by atoms with Gasteiger partial charge in [-0.25, -0.2) is 0 Å². The maximum atomic E-state index is 13.6. The standard InChI is InChI=1S/C17H19F3N2O/c18-17(19,20)13-8-11(10-3-1-2-4-10)7-12-14-9-21-5-6-22(14)16(23)15(12)13/h7-8,10,21,23H,1-6,9H2. The van der Waals surface area contributed by atoms with E-state index in [1.54, 1.807) is 4.57 Å². The van der Waals surface area contributed by atoms with Gasteiger partial charge >= 0.3 is 6.18 Å². The number of alkyl halides is 3. The fourth-order valence-corrected chi connectivity index (χ4v) is 4.09. The third kappa shape index (κ3) is 2.31. The van der Waals surface area contributed by atoms with Gasteiger partial charge in [0.2, 0.25) is 0 Å². The summed E-state index contributed by atoms with van der Waals surface area (Å²) in [7, 11) is 0. The van der Waals surface area contributed by atoms with Gasteiger partial charge in [-0.05, 0) is 36.5 Å². The molecule has 4 rings (SSSR count). The van der Waals surface area contributed by atoms with Crippen molar-refractivity contribution in [3.05, 3.63) is 29.0 Å². The Morgan fingerprint density at radius 3 is 2.61 bits per heavy atom. The fraction of sp³-hybridized carbons (Fsp3) is 0.529. The van der Waals surface area contributed by atoms with Crippen LogP contribution in [0.1, 0.15) is 48.4 Å². The van der Waals surface area contributed by atoms with E-state index in [2.05, 4.69) is 5.32 Å². The summed E-state index contributed by atoms with van der Waals surface area (Å²) in [6.45, 7) is 1.63. The van der Waals surface area contributed by atoms with Gasteiger partial charge in [-0.1, -0.05) is 12.8 Å². The third-order valence-electron chi connectivity index (χ3n) is 5.21. The molecule has 2 heterocycles. The SMILES string of the molecule is Oc1c2c(C(F)(F)F)cc(C3CCCC3)cc2c2n1CCNC2. The first-order chi connectivity index (χ1) is 11.0. The zero-order valence-electron chi connectivity index (χ0n) is 12.7. The van der Waals surface area contributed by atoms with E-state index >= 15 is 0 Å². The molecule has 0 bridgehead atoms. The van der Waals surface area contributed by atoms with Gasteiger partial charge < -0.3 is 15.0 Å². The lowest BCUT2D eigenvalue weighted by atomic mass is 9.92. The lowest BCUT2D eigenvalue weighted by molar-refractivity contribution is -0.136. The lowest BCUT2D eigenvalue weighted by Gasteiger charge is -2.17. The number of nitrogens with zero attached hydrogens (tertiary/aromatic N) is 1. The molecule has 0 saturated heterocycles. The minimum absolute atomic E-state index is 0.0436. The maximum Gasteiger partial charge on any atom is 0.417 e. The molecule has 0 radical (unpaired) electrons. The zero-order valence-corrected chi connectivity index (χ0v) is 12.7. The number of fused-ring (bicyclic) bond motifs is 3. The van der Waals surface area contributed by atoms with Gasteiger partial charge in [-0.2, -0.15) is 13.2 Å². The van der Waals surface area contributed by atoms with Gasteiger partial charge in [0.05, 0.1) is 10.9 Å². The number of rotatable bonds is 1. The Morgan fingerprint density at radius 1 is 1.17 bits per heavy atom. The Balaban J connectivity index is 2.01. The average Bonchev–Trinajstić information content (AvgIpc) is 3.14. The number of hydrogen-bond donors (Lipinski definition) is 2. The molecule has 0 unspecified atom stereocenters. The largest absolute Gasteiger partial charge is 0.494 e. The van der Waals surface area contributed by atoms with Crippen molar-refractivity contribution in [1.29, 1.82) is 0 Å². The first-order valence-corrected chi connectivity index (χ1v) is 8.12. The van der Waals surface area contributed by atoms with Gasteiger partial charge in [0.25, 0.3) is 0 Å². The molecule has 2 aromatic rings. The molecule has 1 aromatic carbocycles. The van der Waals surface area contributed by atoms with Crippen LogP contribution in [-0.4, -0.2) is 16.2 Å². The first kappa shape index (κ1) is 14.9. The number of aromatic hydroxyl groups is 1. The summed E-state index contributed by atoms with van der Waals surface area (Å²) in [5.41, 5.74) is 0.826. The molecule has 2 N–H and O–H groups in total. The fourth-order valence-electron chi connectivity index (χ4n) is 4.09. The highest BCUT2D eigenvalue weighted by Gasteiger charge is 2.37. The Hall–Kier alpha value is -1.69. The van der Waals surface area contributed by atoms with Gasteiger partial charge in [-0.15, -0.1) is 0 Å². The molecule has 0 spiro atoms. The Bertz CT molecular complexity index is 758. The van der Waals surface area contributed by atoms with Crippen LogP contribution in [0.15, 0.2) is 12.1 Å². The van der Waals surface area contributed by atoms with Crippen molar-refractivity contribution in [2.75, 3.05) is 6.54 Å². The molecule has 0 amide bonds. The molecule has 1 aromatic heterocycles. The highest BCUT2D eigenvalue weighted by atomic mass is 19.4. The number of benzene rings is 1. The number of halogens is 3. The van der Waals surface area contributed by atoms with Gasteiger partial charge in [0.1, 0.15) is 0 Å². The van der Waals surface area contributed by atoms with Crippen LogP contribution in [-0.2, 0) is 19.3 Å². The molecular weight excluding hydrogens is 305 g/mol. The Morgan fingerprint density at radius 2 is 1.91 bits per heavy atom. The second-order valence-corrected chi connectivity index (χ2v) is 6.57. The van der Waals surface area contributed by atoms with Crippen LogP contribution in [0.25, 0.3) is 10.8 Å². The topological polar surface area (TPSA) is 37.2 Å². The van der Waals surface area contributed by atoms with Crippen LogP contribution in [0.2, 0.25) is 0 Å². The molecule has 23 heavy (non-hydrogen) atoms. The van der Waals surface area contributed by atoms with Crippen molar-refractivity contribution in [2.45, 2.75) is 50.9 Å². The predicted octanol–water partition coefficient (Wildman–Crippen LogP) is 4.13. The van der Waals surface area contributed by atoms with Crippen molar-refractivity contribution < 1.29 is 18.3 Å². The van der Waals surface area contributed by atoms with E-state index in [4.69, 9.17) is 0 Å². The van der Waals surface area contributed by atoms with Crippen molar-refractivity contribution in [3.63, 3.8) is 0 Å². The highest BCUT2D eigenvalue weighted by molar-refractivity contribution is 5.95. The van der Waals surface area contributed by atoms with Crippen molar-refractivity contribution in [3.8, 4) is 5.88 Å². The quantitative estimate of drug-likeness (QED) is 0.828. The van der Waals surface area contributed by atoms with Crippen LogP contribution in [0.4, 0.5) is 13.2 Å². The minimum Gasteiger partial charge on any atom is -0.494 e. The van der Waals surface area contributed by atoms with Gasteiger partial charge in [0, 0.05) is 30.7 Å². The predicted molar refractivity (Wildman–Crippen MR) is 81.5 cm³/mol. The van der Waals surface area contributed by atoms with Crippen LogP contribution in [0.3, 0.4) is 0 Å². The summed E-state index contributed by atoms with van der Waals surface area (Å²) >= 11 is 0. The summed E-state index contributed by atoms with van der Waals surface area (Å²) in [6, 6.07) is 3.14. The summed E-state index contributed by atoms with van der Waals surface area (Å²) in [4.78, 5) is 0. The van der Waals surface area contributed by atoms with E-state index in [9.17, 15) is 18.3 Å². The highest BCUT2D eigenvalue weighted by Crippen LogP contribution is 2.45. The van der Waals surface area contributed by atoms with Crippen LogP contribution in [0.5, 0.6) is 5.88 Å². The van der Waals surface area contributed by atoms with Crippen molar-refractivity contribution >= 4 is 10.8 Å². The van der Waals surface area contributed by atoms with Crippen LogP contribution < -0.4 is 5.32 Å². The van der Waals surface area contributed by atoms with Crippen molar-refractivity contribution in [2.24, 2.45) is 0 Å². The molecule has 1 aliphatic carbocycles. The van der Waals surface area contributed by atoms with Crippen LogP contribution in [0, 0.1) is 0 Å². The number of hydrogen-bond acceptors (Lipinski definition) is 2. The lowest BCUT2D eigenvalue weighted by Crippen LogP contribution is -2.27. The molecule has 2 aliphatic rings. The van der Waals surface area contributed by atoms with E-state index in [0.29, 0.717) is 25.0 Å². The summed E-state index contributed by atoms with van der Waals surface area (Å²) in [6.07, 6.45) is -0.420. The molecule has 124 valence electrons. The van der Waals surface area contributed by atoms with E-state index in [0.717, 1.165) is 36.9 Å². The average molecular weight is 324 g/mol. The Labute approximate surface area is 132 Å². The molecule has 6 heteroatoms. The minimum atomic E-state index is -4.46. The molecule has 1 saturated carbocycles. The van der Waals surface area contributed by atoms with E-state index in [-0.39, 0.29) is 17.2 Å². The van der Waals surface area contributed by atoms with E-state index in [1.165, 1.54) is 6.07 Å². The number of aromatic nitrogens is 1. The van der Waals surface area contributed by atoms with Gasteiger partial charge in [-0.3, -0.25) is 0 Å². The van der Waals surface area contributed by atoms with Gasteiger partial charge in [0.15, 0.2) is 5.88 Å². The Kier molecular flexibility index (Phi) is 3.34. The third-order valence-corrected chi connectivity index (χ3v) is 5.21. The summed E-state index contributed by atoms with van der Waals surface area (Å²) in [5, 5.41) is 14.1. The molecule has 3 nitrogen and oxygen atoms in total. The van der Waals surface area contributed by atoms with Crippen LogP contribution >= 0.6 is 0 Å². The molecule has 1 aliphatic heterocycles. The maximum absolute atomic E-state index is 13.6. The van der Waals surface area contributed by atoms with E-state index < -0.39 is 11.7 Å². The smallest absolute Gasteiger partial charge is 0.417 e. The second-order valence-electron chi connectivity index (χ2n) is 6.57.